The number of nitrogen functional groups attached to an aromatic ring is 1. The van der Waals surface area contributed by atoms with E-state index in [1.54, 1.807) is 60.7 Å². The first-order valence-electron chi connectivity index (χ1n) is 12.0. The molecule has 10 nitrogen and oxygen atoms in total. The number of rotatable bonds is 10. The molecule has 4 rings (SSSR count). The van der Waals surface area contributed by atoms with Gasteiger partial charge in [0.05, 0.1) is 18.5 Å². The maximum atomic E-state index is 12.7. The van der Waals surface area contributed by atoms with Crippen molar-refractivity contribution in [3.63, 3.8) is 0 Å². The van der Waals surface area contributed by atoms with Gasteiger partial charge in [-0.25, -0.2) is 4.79 Å². The summed E-state index contributed by atoms with van der Waals surface area (Å²) in [5.74, 6) is 1.09. The zero-order valence-electron chi connectivity index (χ0n) is 20.8. The van der Waals surface area contributed by atoms with Gasteiger partial charge in [-0.2, -0.15) is 0 Å². The van der Waals surface area contributed by atoms with Crippen LogP contribution in [-0.4, -0.2) is 31.0 Å². The normalized spacial score (nSPS) is 12.7. The van der Waals surface area contributed by atoms with Crippen LogP contribution < -0.4 is 30.6 Å². The summed E-state index contributed by atoms with van der Waals surface area (Å²) in [5, 5.41) is 15.7. The molecule has 0 saturated carbocycles. The van der Waals surface area contributed by atoms with Crippen molar-refractivity contribution in [3.8, 4) is 23.0 Å². The van der Waals surface area contributed by atoms with Crippen molar-refractivity contribution in [1.29, 1.82) is 0 Å². The second-order valence-electron chi connectivity index (χ2n) is 8.43. The Bertz CT molecular complexity index is 1330. The van der Waals surface area contributed by atoms with Crippen LogP contribution in [0.5, 0.6) is 23.0 Å². The van der Waals surface area contributed by atoms with Gasteiger partial charge in [-0.15, -0.1) is 0 Å². The van der Waals surface area contributed by atoms with Crippen LogP contribution in [0.15, 0.2) is 72.8 Å². The number of fused-ring (bicyclic) bond motifs is 1. The molecular formula is C28H29N3O7. The molecule has 0 unspecified atom stereocenters. The monoisotopic (exact) mass is 519 g/mol. The number of carbonyl (C=O) groups is 2. The van der Waals surface area contributed by atoms with Gasteiger partial charge in [0.25, 0.3) is 0 Å². The molecule has 2 amide bonds. The standard InChI is InChI=1S/C28H29N3O7/c1-35-24-13-11-18(15-22(24)32)23(38-28(34)30-19-12-14-25-26(16-19)37-17-36-25)9-3-2-4-10-27(33)31-21-8-6-5-7-20(21)29/h4-8,10-16,23,32H,2-3,9,17,29H2,1H3,(H,30,34)(H,31,33)/b10-4+/t23-/m0/s1. The highest BCUT2D eigenvalue weighted by Gasteiger charge is 2.20. The predicted molar refractivity (Wildman–Crippen MR) is 143 cm³/mol. The first-order chi connectivity index (χ1) is 18.4. The minimum atomic E-state index is -0.667. The van der Waals surface area contributed by atoms with Gasteiger partial charge in [-0.1, -0.05) is 24.3 Å². The Hall–Kier alpha value is -4.86. The second-order valence-corrected chi connectivity index (χ2v) is 8.43. The number of phenols is 1. The number of hydrogen-bond acceptors (Lipinski definition) is 8. The average Bonchev–Trinajstić information content (AvgIpc) is 3.37. The Morgan fingerprint density at radius 1 is 1.08 bits per heavy atom. The van der Waals surface area contributed by atoms with E-state index in [1.165, 1.54) is 19.3 Å². The zero-order valence-corrected chi connectivity index (χ0v) is 20.8. The fourth-order valence-corrected chi connectivity index (χ4v) is 3.85. The number of hydrogen-bond donors (Lipinski definition) is 4. The first kappa shape index (κ1) is 26.2. The Morgan fingerprint density at radius 3 is 2.68 bits per heavy atom. The summed E-state index contributed by atoms with van der Waals surface area (Å²) in [5.41, 5.74) is 7.97. The minimum absolute atomic E-state index is 0.0634. The van der Waals surface area contributed by atoms with Crippen molar-refractivity contribution >= 4 is 29.1 Å². The van der Waals surface area contributed by atoms with Crippen LogP contribution in [0.1, 0.15) is 30.9 Å². The van der Waals surface area contributed by atoms with E-state index in [2.05, 4.69) is 10.6 Å². The molecule has 10 heteroatoms. The number of carbonyl (C=O) groups excluding carboxylic acids is 2. The molecule has 1 heterocycles. The van der Waals surface area contributed by atoms with E-state index in [4.69, 9.17) is 24.7 Å². The van der Waals surface area contributed by atoms with E-state index < -0.39 is 12.2 Å². The van der Waals surface area contributed by atoms with Crippen LogP contribution in [0, 0.1) is 0 Å². The number of nitrogens with two attached hydrogens (primary N) is 1. The van der Waals surface area contributed by atoms with Crippen molar-refractivity contribution in [1.82, 2.24) is 0 Å². The molecule has 3 aromatic rings. The van der Waals surface area contributed by atoms with Crippen molar-refractivity contribution < 1.29 is 33.6 Å². The SMILES string of the molecule is COc1ccc([C@H](CCC/C=C/C(=O)Nc2ccccc2N)OC(=O)Nc2ccc3c(c2)OCO3)cc1O. The molecule has 0 saturated heterocycles. The van der Waals surface area contributed by atoms with E-state index >= 15 is 0 Å². The molecule has 5 N–H and O–H groups in total. The Morgan fingerprint density at radius 2 is 1.89 bits per heavy atom. The number of phenolic OH excluding ortho intramolecular Hbond substituents is 1. The Balaban J connectivity index is 1.36. The number of ether oxygens (including phenoxy) is 4. The first-order valence-corrected chi connectivity index (χ1v) is 12.0. The van der Waals surface area contributed by atoms with Gasteiger partial charge in [0.1, 0.15) is 6.10 Å². The van der Waals surface area contributed by atoms with Crippen molar-refractivity contribution in [2.75, 3.05) is 30.3 Å². The average molecular weight is 520 g/mol. The number of nitrogens with one attached hydrogen (secondary N) is 2. The lowest BCUT2D eigenvalue weighted by Crippen LogP contribution is -2.17. The highest BCUT2D eigenvalue weighted by molar-refractivity contribution is 6.01. The van der Waals surface area contributed by atoms with Gasteiger partial charge >= 0.3 is 6.09 Å². The number of anilines is 3. The molecule has 1 atom stereocenters. The molecule has 1 aliphatic heterocycles. The molecule has 3 aromatic carbocycles. The maximum absolute atomic E-state index is 12.7. The summed E-state index contributed by atoms with van der Waals surface area (Å²) in [6, 6.07) is 16.9. The lowest BCUT2D eigenvalue weighted by Gasteiger charge is -2.19. The van der Waals surface area contributed by atoms with Gasteiger partial charge < -0.3 is 35.1 Å². The quantitative estimate of drug-likeness (QED) is 0.159. The zero-order chi connectivity index (χ0) is 26.9. The molecule has 38 heavy (non-hydrogen) atoms. The number of para-hydroxylation sites is 2. The summed E-state index contributed by atoms with van der Waals surface area (Å²) >= 11 is 0. The van der Waals surface area contributed by atoms with Crippen molar-refractivity contribution in [3.05, 3.63) is 78.4 Å². The van der Waals surface area contributed by atoms with E-state index in [9.17, 15) is 14.7 Å². The smallest absolute Gasteiger partial charge is 0.412 e. The minimum Gasteiger partial charge on any atom is -0.504 e. The molecular weight excluding hydrogens is 490 g/mol. The number of benzene rings is 3. The van der Waals surface area contributed by atoms with Gasteiger partial charge in [0.15, 0.2) is 23.0 Å². The summed E-state index contributed by atoms with van der Waals surface area (Å²) in [7, 11) is 1.45. The van der Waals surface area contributed by atoms with Gasteiger partial charge in [-0.05, 0) is 67.3 Å². The number of methoxy groups -OCH3 is 1. The van der Waals surface area contributed by atoms with E-state index in [-0.39, 0.29) is 18.4 Å². The van der Waals surface area contributed by atoms with Gasteiger partial charge in [-0.3, -0.25) is 10.1 Å². The van der Waals surface area contributed by atoms with Gasteiger partial charge in [0, 0.05) is 11.8 Å². The number of unbranched alkanes of at least 4 members (excludes halogenated alkanes) is 1. The highest BCUT2D eigenvalue weighted by atomic mass is 16.7. The Kier molecular flexibility index (Phi) is 8.55. The Labute approximate surface area is 220 Å². The lowest BCUT2D eigenvalue weighted by atomic mass is 10.0. The van der Waals surface area contributed by atoms with Crippen molar-refractivity contribution in [2.24, 2.45) is 0 Å². The maximum Gasteiger partial charge on any atom is 0.412 e. The number of aromatic hydroxyl groups is 1. The third kappa shape index (κ3) is 6.88. The lowest BCUT2D eigenvalue weighted by molar-refractivity contribution is -0.111. The summed E-state index contributed by atoms with van der Waals surface area (Å²) in [4.78, 5) is 24.9. The topological polar surface area (TPSA) is 141 Å². The molecule has 0 fully saturated rings. The van der Waals surface area contributed by atoms with Crippen LogP contribution in [-0.2, 0) is 9.53 Å². The fraction of sp³-hybridized carbons (Fsp3) is 0.214. The second kappa shape index (κ2) is 12.4. The van der Waals surface area contributed by atoms with Crippen LogP contribution in [0.25, 0.3) is 0 Å². The van der Waals surface area contributed by atoms with E-state index in [0.717, 1.165) is 0 Å². The van der Waals surface area contributed by atoms with Crippen LogP contribution in [0.2, 0.25) is 0 Å². The summed E-state index contributed by atoms with van der Waals surface area (Å²) in [6.45, 7) is 0.128. The molecule has 0 radical (unpaired) electrons. The summed E-state index contributed by atoms with van der Waals surface area (Å²) in [6.07, 6.45) is 3.46. The van der Waals surface area contributed by atoms with Gasteiger partial charge in [0.2, 0.25) is 12.7 Å². The van der Waals surface area contributed by atoms with Crippen LogP contribution >= 0.6 is 0 Å². The number of allylic oxidation sites excluding steroid dienone is 1. The van der Waals surface area contributed by atoms with Crippen LogP contribution in [0.3, 0.4) is 0 Å². The molecule has 0 spiro atoms. The number of amides is 2. The third-order valence-corrected chi connectivity index (χ3v) is 5.77. The molecule has 0 aromatic heterocycles. The summed E-state index contributed by atoms with van der Waals surface area (Å²) < 4.78 is 21.5. The predicted octanol–water partition coefficient (Wildman–Crippen LogP) is 5.37. The van der Waals surface area contributed by atoms with E-state index in [1.807, 2.05) is 0 Å². The largest absolute Gasteiger partial charge is 0.504 e. The molecule has 0 bridgehead atoms. The van der Waals surface area contributed by atoms with E-state index in [0.29, 0.717) is 59.1 Å². The molecule has 0 aliphatic carbocycles. The van der Waals surface area contributed by atoms with Crippen LogP contribution in [0.4, 0.5) is 21.9 Å². The third-order valence-electron chi connectivity index (χ3n) is 5.77. The molecule has 1 aliphatic rings. The van der Waals surface area contributed by atoms with Crippen molar-refractivity contribution in [2.45, 2.75) is 25.4 Å². The fourth-order valence-electron chi connectivity index (χ4n) is 3.85. The highest BCUT2D eigenvalue weighted by Crippen LogP contribution is 2.35. The molecule has 198 valence electrons.